The molecule has 0 unspecified atom stereocenters. The molecule has 3 rings (SSSR count). The maximum Gasteiger partial charge on any atom is 0.174 e. The van der Waals surface area contributed by atoms with E-state index in [2.05, 4.69) is 48.5 Å². The number of hydrogen-bond acceptors (Lipinski definition) is 2. The van der Waals surface area contributed by atoms with Crippen LogP contribution in [0.25, 0.3) is 22.5 Å². The molecule has 1 aromatic heterocycles. The molecule has 1 heterocycles. The minimum atomic E-state index is 0.821. The summed E-state index contributed by atoms with van der Waals surface area (Å²) in [6.45, 7) is 2.07. The summed E-state index contributed by atoms with van der Waals surface area (Å²) in [4.78, 5) is 0. The first-order valence-corrected chi connectivity index (χ1v) is 5.92. The molecule has 0 saturated carbocycles. The van der Waals surface area contributed by atoms with Crippen LogP contribution in [0.2, 0.25) is 0 Å². The molecule has 0 radical (unpaired) electrons. The maximum absolute atomic E-state index is 5.39. The lowest BCUT2D eigenvalue weighted by Crippen LogP contribution is -1.80. The molecule has 2 aromatic carbocycles. The second kappa shape index (κ2) is 4.49. The largest absolute Gasteiger partial charge is 0.356 e. The van der Waals surface area contributed by atoms with Crippen LogP contribution >= 0.6 is 0 Å². The standard InChI is InChI=1S/C16H13NO/c1-12-7-9-14(10-8-12)16-15(11-17-18-16)13-5-3-2-4-6-13/h2-11H,1H3. The summed E-state index contributed by atoms with van der Waals surface area (Å²) in [5.41, 5.74) is 4.44. The Balaban J connectivity index is 2.10. The normalized spacial score (nSPS) is 10.5. The third-order valence-corrected chi connectivity index (χ3v) is 2.97. The van der Waals surface area contributed by atoms with Crippen molar-refractivity contribution in [3.8, 4) is 22.5 Å². The monoisotopic (exact) mass is 235 g/mol. The summed E-state index contributed by atoms with van der Waals surface area (Å²) in [5, 5.41) is 3.92. The van der Waals surface area contributed by atoms with Crippen molar-refractivity contribution in [3.63, 3.8) is 0 Å². The zero-order valence-corrected chi connectivity index (χ0v) is 10.1. The van der Waals surface area contributed by atoms with E-state index in [0.717, 1.165) is 22.5 Å². The van der Waals surface area contributed by atoms with E-state index in [9.17, 15) is 0 Å². The molecular formula is C16H13NO. The van der Waals surface area contributed by atoms with Crippen LogP contribution in [-0.4, -0.2) is 5.16 Å². The maximum atomic E-state index is 5.39. The van der Waals surface area contributed by atoms with Gasteiger partial charge >= 0.3 is 0 Å². The second-order valence-electron chi connectivity index (χ2n) is 4.30. The number of benzene rings is 2. The van der Waals surface area contributed by atoms with Crippen molar-refractivity contribution in [3.05, 3.63) is 66.4 Å². The summed E-state index contributed by atoms with van der Waals surface area (Å²) in [6, 6.07) is 18.4. The van der Waals surface area contributed by atoms with Crippen LogP contribution in [-0.2, 0) is 0 Å². The average Bonchev–Trinajstić information content (AvgIpc) is 2.90. The Bertz CT molecular complexity index is 638. The van der Waals surface area contributed by atoms with E-state index in [-0.39, 0.29) is 0 Å². The van der Waals surface area contributed by atoms with Gasteiger partial charge in [0.25, 0.3) is 0 Å². The molecular weight excluding hydrogens is 222 g/mol. The van der Waals surface area contributed by atoms with E-state index in [1.807, 2.05) is 18.2 Å². The average molecular weight is 235 g/mol. The molecule has 0 atom stereocenters. The van der Waals surface area contributed by atoms with E-state index < -0.39 is 0 Å². The first-order chi connectivity index (χ1) is 8.84. The summed E-state index contributed by atoms with van der Waals surface area (Å²) < 4.78 is 5.39. The Kier molecular flexibility index (Phi) is 2.69. The van der Waals surface area contributed by atoms with Crippen LogP contribution in [0, 0.1) is 6.92 Å². The van der Waals surface area contributed by atoms with Gasteiger partial charge in [-0.05, 0) is 12.5 Å². The highest BCUT2D eigenvalue weighted by Gasteiger charge is 2.11. The number of aryl methyl sites for hydroxylation is 1. The van der Waals surface area contributed by atoms with Crippen LogP contribution in [0.5, 0.6) is 0 Å². The van der Waals surface area contributed by atoms with Crippen molar-refractivity contribution in [2.45, 2.75) is 6.92 Å². The van der Waals surface area contributed by atoms with Crippen LogP contribution < -0.4 is 0 Å². The zero-order valence-electron chi connectivity index (χ0n) is 10.1. The van der Waals surface area contributed by atoms with Crippen LogP contribution in [0.4, 0.5) is 0 Å². The molecule has 0 aliphatic rings. The predicted octanol–water partition coefficient (Wildman–Crippen LogP) is 4.32. The topological polar surface area (TPSA) is 26.0 Å². The fourth-order valence-corrected chi connectivity index (χ4v) is 1.98. The van der Waals surface area contributed by atoms with Gasteiger partial charge in [0, 0.05) is 11.1 Å². The van der Waals surface area contributed by atoms with Gasteiger partial charge in [-0.3, -0.25) is 0 Å². The van der Waals surface area contributed by atoms with Gasteiger partial charge in [-0.2, -0.15) is 0 Å². The lowest BCUT2D eigenvalue weighted by atomic mass is 10.0. The quantitative estimate of drug-likeness (QED) is 0.661. The summed E-state index contributed by atoms with van der Waals surface area (Å²) in [5.74, 6) is 0.821. The molecule has 0 amide bonds. The number of hydrogen-bond donors (Lipinski definition) is 0. The zero-order chi connectivity index (χ0) is 12.4. The Labute approximate surface area is 106 Å². The van der Waals surface area contributed by atoms with Crippen LogP contribution in [0.3, 0.4) is 0 Å². The third-order valence-electron chi connectivity index (χ3n) is 2.97. The van der Waals surface area contributed by atoms with Crippen molar-refractivity contribution in [1.29, 1.82) is 0 Å². The van der Waals surface area contributed by atoms with Crippen molar-refractivity contribution >= 4 is 0 Å². The van der Waals surface area contributed by atoms with Gasteiger partial charge < -0.3 is 4.52 Å². The van der Waals surface area contributed by atoms with Crippen molar-refractivity contribution < 1.29 is 4.52 Å². The highest BCUT2D eigenvalue weighted by molar-refractivity contribution is 5.78. The Morgan fingerprint density at radius 1 is 0.833 bits per heavy atom. The molecule has 2 nitrogen and oxygen atoms in total. The van der Waals surface area contributed by atoms with Gasteiger partial charge in [-0.15, -0.1) is 0 Å². The smallest absolute Gasteiger partial charge is 0.174 e. The minimum absolute atomic E-state index is 0.821. The van der Waals surface area contributed by atoms with Gasteiger partial charge in [-0.1, -0.05) is 65.3 Å². The minimum Gasteiger partial charge on any atom is -0.356 e. The first-order valence-electron chi connectivity index (χ1n) is 5.92. The number of aromatic nitrogens is 1. The summed E-state index contributed by atoms with van der Waals surface area (Å²) in [6.07, 6.45) is 1.77. The van der Waals surface area contributed by atoms with Crippen molar-refractivity contribution in [1.82, 2.24) is 5.16 Å². The molecule has 18 heavy (non-hydrogen) atoms. The van der Waals surface area contributed by atoms with Gasteiger partial charge in [0.05, 0.1) is 6.20 Å². The Morgan fingerprint density at radius 2 is 1.56 bits per heavy atom. The van der Waals surface area contributed by atoms with Gasteiger partial charge in [0.2, 0.25) is 0 Å². The SMILES string of the molecule is Cc1ccc(-c2oncc2-c2ccccc2)cc1. The molecule has 3 aromatic rings. The van der Waals surface area contributed by atoms with E-state index in [4.69, 9.17) is 4.52 Å². The van der Waals surface area contributed by atoms with E-state index in [1.165, 1.54) is 5.56 Å². The lowest BCUT2D eigenvalue weighted by Gasteiger charge is -2.02. The number of nitrogens with zero attached hydrogens (tertiary/aromatic N) is 1. The van der Waals surface area contributed by atoms with Crippen LogP contribution in [0.15, 0.2) is 65.3 Å². The molecule has 0 aliphatic carbocycles. The molecule has 88 valence electrons. The fourth-order valence-electron chi connectivity index (χ4n) is 1.98. The highest BCUT2D eigenvalue weighted by atomic mass is 16.5. The summed E-state index contributed by atoms with van der Waals surface area (Å²) >= 11 is 0. The fraction of sp³-hybridized carbons (Fsp3) is 0.0625. The lowest BCUT2D eigenvalue weighted by molar-refractivity contribution is 0.432. The van der Waals surface area contributed by atoms with E-state index in [0.29, 0.717) is 0 Å². The van der Waals surface area contributed by atoms with Gasteiger partial charge in [0.15, 0.2) is 5.76 Å². The molecule has 0 fully saturated rings. The molecule has 0 bridgehead atoms. The van der Waals surface area contributed by atoms with E-state index in [1.54, 1.807) is 6.20 Å². The Morgan fingerprint density at radius 3 is 2.28 bits per heavy atom. The first kappa shape index (κ1) is 10.8. The number of rotatable bonds is 2. The summed E-state index contributed by atoms with van der Waals surface area (Å²) in [7, 11) is 0. The third kappa shape index (κ3) is 1.93. The Hall–Kier alpha value is -2.35. The molecule has 0 N–H and O–H groups in total. The van der Waals surface area contributed by atoms with Gasteiger partial charge in [0.1, 0.15) is 0 Å². The van der Waals surface area contributed by atoms with Crippen LogP contribution in [0.1, 0.15) is 5.56 Å². The molecule has 0 aliphatic heterocycles. The van der Waals surface area contributed by atoms with Crippen molar-refractivity contribution in [2.75, 3.05) is 0 Å². The molecule has 0 spiro atoms. The van der Waals surface area contributed by atoms with Gasteiger partial charge in [-0.25, -0.2) is 0 Å². The second-order valence-corrected chi connectivity index (χ2v) is 4.30. The predicted molar refractivity (Wildman–Crippen MR) is 72.1 cm³/mol. The van der Waals surface area contributed by atoms with Crippen molar-refractivity contribution in [2.24, 2.45) is 0 Å². The molecule has 2 heteroatoms. The highest BCUT2D eigenvalue weighted by Crippen LogP contribution is 2.31. The van der Waals surface area contributed by atoms with E-state index >= 15 is 0 Å². The molecule has 0 saturated heterocycles.